The summed E-state index contributed by atoms with van der Waals surface area (Å²) in [5, 5.41) is 6.34. The third-order valence-corrected chi connectivity index (χ3v) is 4.76. The van der Waals surface area contributed by atoms with Crippen LogP contribution in [0.2, 0.25) is 0 Å². The van der Waals surface area contributed by atoms with Crippen LogP contribution in [0.4, 0.5) is 5.95 Å². The predicted octanol–water partition coefficient (Wildman–Crippen LogP) is 1.32. The zero-order valence-electron chi connectivity index (χ0n) is 12.6. The molecule has 22 heavy (non-hydrogen) atoms. The van der Waals surface area contributed by atoms with Crippen molar-refractivity contribution in [2.75, 3.05) is 31.1 Å². The van der Waals surface area contributed by atoms with Crippen molar-refractivity contribution in [3.8, 4) is 0 Å². The minimum atomic E-state index is 0.00880. The molecule has 0 aliphatic carbocycles. The largest absolute Gasteiger partial charge is 0.354 e. The van der Waals surface area contributed by atoms with E-state index in [2.05, 4.69) is 41.4 Å². The van der Waals surface area contributed by atoms with Gasteiger partial charge in [-0.15, -0.1) is 0 Å². The summed E-state index contributed by atoms with van der Waals surface area (Å²) >= 11 is 3.36. The van der Waals surface area contributed by atoms with Crippen LogP contribution < -0.4 is 15.5 Å². The van der Waals surface area contributed by atoms with E-state index in [1.165, 1.54) is 0 Å². The minimum absolute atomic E-state index is 0.00880. The Labute approximate surface area is 139 Å². The van der Waals surface area contributed by atoms with Gasteiger partial charge < -0.3 is 15.5 Å². The molecule has 2 aliphatic heterocycles. The summed E-state index contributed by atoms with van der Waals surface area (Å²) in [6.45, 7) is 3.58. The Hall–Kier alpha value is -1.21. The Balaban J connectivity index is 1.50. The smallest absolute Gasteiger partial charge is 0.237 e. The van der Waals surface area contributed by atoms with E-state index in [4.69, 9.17) is 0 Å². The lowest BCUT2D eigenvalue weighted by atomic mass is 9.98. The second kappa shape index (κ2) is 7.37. The lowest BCUT2D eigenvalue weighted by Crippen LogP contribution is -2.45. The summed E-state index contributed by atoms with van der Waals surface area (Å²) in [6.07, 6.45) is 7.86. The van der Waals surface area contributed by atoms with E-state index >= 15 is 0 Å². The Morgan fingerprint density at radius 2 is 2.18 bits per heavy atom. The SMILES string of the molecule is O=C(NCC1CCCN(c2ncc(Br)cn2)C1)C1CCCN1. The van der Waals surface area contributed by atoms with Crippen molar-refractivity contribution in [3.63, 3.8) is 0 Å². The van der Waals surface area contributed by atoms with E-state index < -0.39 is 0 Å². The molecule has 2 aliphatic rings. The molecule has 0 aromatic carbocycles. The molecule has 3 heterocycles. The molecule has 0 spiro atoms. The number of carbonyl (C=O) groups is 1. The number of nitrogens with one attached hydrogen (secondary N) is 2. The molecule has 3 rings (SSSR count). The van der Waals surface area contributed by atoms with Gasteiger partial charge in [-0.3, -0.25) is 4.79 Å². The van der Waals surface area contributed by atoms with Crippen LogP contribution in [-0.2, 0) is 4.79 Å². The average molecular weight is 368 g/mol. The second-order valence-electron chi connectivity index (χ2n) is 6.05. The van der Waals surface area contributed by atoms with Gasteiger partial charge in [-0.05, 0) is 54.1 Å². The summed E-state index contributed by atoms with van der Waals surface area (Å²) in [5.74, 6) is 1.39. The Bertz CT molecular complexity index is 503. The van der Waals surface area contributed by atoms with Crippen LogP contribution in [-0.4, -0.2) is 48.1 Å². The van der Waals surface area contributed by atoms with E-state index in [9.17, 15) is 4.79 Å². The van der Waals surface area contributed by atoms with Crippen LogP contribution in [0.15, 0.2) is 16.9 Å². The fourth-order valence-corrected chi connectivity index (χ4v) is 3.36. The first kappa shape index (κ1) is 15.7. The molecule has 1 aromatic heterocycles. The molecule has 0 radical (unpaired) electrons. The van der Waals surface area contributed by atoms with Crippen molar-refractivity contribution in [2.45, 2.75) is 31.7 Å². The summed E-state index contributed by atoms with van der Waals surface area (Å²) in [7, 11) is 0. The van der Waals surface area contributed by atoms with Gasteiger partial charge in [0, 0.05) is 32.0 Å². The Morgan fingerprint density at radius 3 is 2.91 bits per heavy atom. The molecule has 1 amide bonds. The highest BCUT2D eigenvalue weighted by molar-refractivity contribution is 9.10. The van der Waals surface area contributed by atoms with E-state index in [-0.39, 0.29) is 11.9 Å². The van der Waals surface area contributed by atoms with Gasteiger partial charge in [0.1, 0.15) is 0 Å². The van der Waals surface area contributed by atoms with E-state index in [1.807, 2.05) is 0 Å². The van der Waals surface area contributed by atoms with Crippen molar-refractivity contribution in [1.29, 1.82) is 0 Å². The van der Waals surface area contributed by atoms with Crippen molar-refractivity contribution in [1.82, 2.24) is 20.6 Å². The van der Waals surface area contributed by atoms with Gasteiger partial charge in [-0.25, -0.2) is 9.97 Å². The Morgan fingerprint density at radius 1 is 1.36 bits per heavy atom. The van der Waals surface area contributed by atoms with Crippen molar-refractivity contribution < 1.29 is 4.79 Å². The van der Waals surface area contributed by atoms with Crippen LogP contribution in [0.25, 0.3) is 0 Å². The van der Waals surface area contributed by atoms with Crippen molar-refractivity contribution in [3.05, 3.63) is 16.9 Å². The van der Waals surface area contributed by atoms with Crippen LogP contribution in [0.5, 0.6) is 0 Å². The van der Waals surface area contributed by atoms with Crippen LogP contribution in [0.3, 0.4) is 0 Å². The monoisotopic (exact) mass is 367 g/mol. The molecule has 2 fully saturated rings. The number of nitrogens with zero attached hydrogens (tertiary/aromatic N) is 3. The maximum absolute atomic E-state index is 12.1. The maximum atomic E-state index is 12.1. The average Bonchev–Trinajstić information content (AvgIpc) is 3.08. The van der Waals surface area contributed by atoms with Gasteiger partial charge in [0.25, 0.3) is 0 Å². The van der Waals surface area contributed by atoms with Gasteiger partial charge >= 0.3 is 0 Å². The van der Waals surface area contributed by atoms with Gasteiger partial charge in [-0.1, -0.05) is 0 Å². The van der Waals surface area contributed by atoms with E-state index in [1.54, 1.807) is 12.4 Å². The number of piperidine rings is 1. The topological polar surface area (TPSA) is 70.2 Å². The zero-order chi connectivity index (χ0) is 15.4. The number of rotatable bonds is 4. The number of hydrogen-bond acceptors (Lipinski definition) is 5. The highest BCUT2D eigenvalue weighted by Crippen LogP contribution is 2.20. The highest BCUT2D eigenvalue weighted by atomic mass is 79.9. The lowest BCUT2D eigenvalue weighted by Gasteiger charge is -2.33. The normalized spacial score (nSPS) is 25.2. The molecule has 2 saturated heterocycles. The van der Waals surface area contributed by atoms with Crippen molar-refractivity contribution >= 4 is 27.8 Å². The second-order valence-corrected chi connectivity index (χ2v) is 6.97. The predicted molar refractivity (Wildman–Crippen MR) is 88.7 cm³/mol. The van der Waals surface area contributed by atoms with Crippen LogP contribution in [0.1, 0.15) is 25.7 Å². The molecule has 2 atom stereocenters. The molecule has 6 nitrogen and oxygen atoms in total. The fourth-order valence-electron chi connectivity index (χ4n) is 3.16. The summed E-state index contributed by atoms with van der Waals surface area (Å²) in [5.41, 5.74) is 0. The fraction of sp³-hybridized carbons (Fsp3) is 0.667. The molecule has 0 bridgehead atoms. The quantitative estimate of drug-likeness (QED) is 0.839. The lowest BCUT2D eigenvalue weighted by molar-refractivity contribution is -0.122. The van der Waals surface area contributed by atoms with Crippen LogP contribution in [0, 0.1) is 5.92 Å². The molecule has 2 unspecified atom stereocenters. The highest BCUT2D eigenvalue weighted by Gasteiger charge is 2.25. The summed E-state index contributed by atoms with van der Waals surface area (Å²) in [6, 6.07) is 0.00880. The molecule has 7 heteroatoms. The maximum Gasteiger partial charge on any atom is 0.237 e. The number of anilines is 1. The van der Waals surface area contributed by atoms with Gasteiger partial charge in [0.15, 0.2) is 0 Å². The zero-order valence-corrected chi connectivity index (χ0v) is 14.2. The third-order valence-electron chi connectivity index (χ3n) is 4.35. The first-order valence-corrected chi connectivity index (χ1v) is 8.75. The third kappa shape index (κ3) is 3.95. The molecule has 1 aromatic rings. The summed E-state index contributed by atoms with van der Waals surface area (Å²) < 4.78 is 0.890. The molecular formula is C15H22BrN5O. The summed E-state index contributed by atoms with van der Waals surface area (Å²) in [4.78, 5) is 23.0. The van der Waals surface area contributed by atoms with Crippen molar-refractivity contribution in [2.24, 2.45) is 5.92 Å². The van der Waals surface area contributed by atoms with Gasteiger partial charge in [0.2, 0.25) is 11.9 Å². The molecule has 2 N–H and O–H groups in total. The number of amides is 1. The first-order valence-electron chi connectivity index (χ1n) is 7.96. The molecule has 120 valence electrons. The molecule has 0 saturated carbocycles. The van der Waals surface area contributed by atoms with E-state index in [0.717, 1.165) is 62.3 Å². The number of carbonyl (C=O) groups excluding carboxylic acids is 1. The number of aromatic nitrogens is 2. The standard InChI is InChI=1S/C15H22BrN5O/c16-12-8-19-15(20-9-12)21-6-2-3-11(10-21)7-18-14(22)13-4-1-5-17-13/h8-9,11,13,17H,1-7,10H2,(H,18,22). The van der Waals surface area contributed by atoms with Gasteiger partial charge in [0.05, 0.1) is 10.5 Å². The minimum Gasteiger partial charge on any atom is -0.354 e. The Kier molecular flexibility index (Phi) is 5.25. The molecular weight excluding hydrogens is 346 g/mol. The van der Waals surface area contributed by atoms with Crippen LogP contribution >= 0.6 is 15.9 Å². The van der Waals surface area contributed by atoms with E-state index in [0.29, 0.717) is 5.92 Å². The number of halogens is 1. The van der Waals surface area contributed by atoms with Gasteiger partial charge in [-0.2, -0.15) is 0 Å². The number of hydrogen-bond donors (Lipinski definition) is 2. The first-order chi connectivity index (χ1) is 10.7.